The van der Waals surface area contributed by atoms with Crippen LogP contribution in [-0.4, -0.2) is 17.3 Å². The number of rotatable bonds is 5. The maximum absolute atomic E-state index is 5.65. The number of benzene rings is 2. The molecule has 0 spiro atoms. The number of ether oxygens (including phenoxy) is 1. The van der Waals surface area contributed by atoms with Crippen molar-refractivity contribution in [2.24, 2.45) is 0 Å². The molecule has 0 atom stereocenters. The number of hydrogen-bond acceptors (Lipinski definition) is 5. The van der Waals surface area contributed by atoms with Crippen molar-refractivity contribution in [3.63, 3.8) is 0 Å². The average Bonchev–Trinajstić information content (AvgIpc) is 3.03. The van der Waals surface area contributed by atoms with Crippen molar-refractivity contribution < 1.29 is 9.15 Å². The minimum absolute atomic E-state index is 0.372. The van der Waals surface area contributed by atoms with Gasteiger partial charge in [0.15, 0.2) is 0 Å². The second kappa shape index (κ2) is 6.62. The molecule has 0 unspecified atom stereocenters. The summed E-state index contributed by atoms with van der Waals surface area (Å²) in [7, 11) is 1.61. The first-order valence-electron chi connectivity index (χ1n) is 6.72. The van der Waals surface area contributed by atoms with Crippen LogP contribution in [-0.2, 0) is 6.54 Å². The molecule has 3 rings (SSSR count). The third-order valence-electron chi connectivity index (χ3n) is 3.15. The van der Waals surface area contributed by atoms with Crippen LogP contribution in [0, 0.1) is 0 Å². The van der Waals surface area contributed by atoms with Gasteiger partial charge in [-0.3, -0.25) is 0 Å². The Balaban J connectivity index is 1.75. The first-order valence-corrected chi connectivity index (χ1v) is 7.51. The first kappa shape index (κ1) is 14.6. The van der Waals surface area contributed by atoms with Crippen molar-refractivity contribution in [3.05, 3.63) is 58.6 Å². The van der Waals surface area contributed by atoms with Gasteiger partial charge in [0.2, 0.25) is 0 Å². The van der Waals surface area contributed by atoms with E-state index in [0.717, 1.165) is 15.6 Å². The first-order chi connectivity index (χ1) is 10.8. The van der Waals surface area contributed by atoms with Crippen LogP contribution in [0.4, 0.5) is 6.01 Å². The Bertz CT molecular complexity index is 773. The molecule has 0 aliphatic rings. The molecule has 0 amide bonds. The van der Waals surface area contributed by atoms with Crippen LogP contribution in [0.1, 0.15) is 5.56 Å². The molecule has 0 fully saturated rings. The molecule has 22 heavy (non-hydrogen) atoms. The third kappa shape index (κ3) is 3.12. The van der Waals surface area contributed by atoms with E-state index in [1.54, 1.807) is 7.11 Å². The van der Waals surface area contributed by atoms with E-state index in [9.17, 15) is 0 Å². The summed E-state index contributed by atoms with van der Waals surface area (Å²) in [5, 5.41) is 11.2. The van der Waals surface area contributed by atoms with E-state index >= 15 is 0 Å². The number of nitrogens with one attached hydrogen (secondary N) is 1. The number of anilines is 1. The zero-order valence-electron chi connectivity index (χ0n) is 11.9. The highest BCUT2D eigenvalue weighted by molar-refractivity contribution is 9.10. The highest BCUT2D eigenvalue weighted by Crippen LogP contribution is 2.29. The Morgan fingerprint density at radius 1 is 1.09 bits per heavy atom. The minimum Gasteiger partial charge on any atom is -0.496 e. The lowest BCUT2D eigenvalue weighted by molar-refractivity contribution is 0.414. The number of aromatic nitrogens is 2. The Morgan fingerprint density at radius 3 is 2.68 bits per heavy atom. The topological polar surface area (TPSA) is 60.2 Å². The maximum atomic E-state index is 5.65. The molecule has 0 aliphatic heterocycles. The Labute approximate surface area is 136 Å². The largest absolute Gasteiger partial charge is 0.496 e. The van der Waals surface area contributed by atoms with Gasteiger partial charge in [-0.15, -0.1) is 5.10 Å². The number of hydrogen-bond donors (Lipinski definition) is 1. The van der Waals surface area contributed by atoms with Crippen molar-refractivity contribution in [1.29, 1.82) is 0 Å². The number of para-hydroxylation sites is 1. The van der Waals surface area contributed by atoms with Crippen LogP contribution < -0.4 is 10.1 Å². The van der Waals surface area contributed by atoms with Crippen molar-refractivity contribution in [3.8, 4) is 17.2 Å². The predicted molar refractivity (Wildman–Crippen MR) is 87.8 cm³/mol. The minimum atomic E-state index is 0.372. The zero-order valence-corrected chi connectivity index (χ0v) is 13.5. The summed E-state index contributed by atoms with van der Waals surface area (Å²) in [6.07, 6.45) is 0. The lowest BCUT2D eigenvalue weighted by Gasteiger charge is -2.04. The molecule has 1 heterocycles. The Morgan fingerprint density at radius 2 is 1.86 bits per heavy atom. The van der Waals surface area contributed by atoms with E-state index in [1.807, 2.05) is 48.5 Å². The fraction of sp³-hybridized carbons (Fsp3) is 0.125. The van der Waals surface area contributed by atoms with Gasteiger partial charge in [-0.2, -0.15) is 0 Å². The predicted octanol–water partition coefficient (Wildman–Crippen LogP) is 4.12. The molecule has 1 aromatic heterocycles. The SMILES string of the molecule is COc1ccccc1-c1nnc(NCc2ccccc2Br)o1. The molecule has 0 radical (unpaired) electrons. The van der Waals surface area contributed by atoms with Crippen LogP contribution in [0.5, 0.6) is 5.75 Å². The van der Waals surface area contributed by atoms with Crippen molar-refractivity contribution in [1.82, 2.24) is 10.2 Å². The van der Waals surface area contributed by atoms with E-state index in [1.165, 1.54) is 0 Å². The van der Waals surface area contributed by atoms with Gasteiger partial charge in [0, 0.05) is 11.0 Å². The molecule has 3 aromatic rings. The quantitative estimate of drug-likeness (QED) is 0.742. The monoisotopic (exact) mass is 359 g/mol. The van der Waals surface area contributed by atoms with Crippen LogP contribution in [0.25, 0.3) is 11.5 Å². The summed E-state index contributed by atoms with van der Waals surface area (Å²) in [4.78, 5) is 0. The molecule has 6 heteroatoms. The molecule has 0 bridgehead atoms. The summed E-state index contributed by atoms with van der Waals surface area (Å²) in [6.45, 7) is 0.592. The van der Waals surface area contributed by atoms with E-state index in [4.69, 9.17) is 9.15 Å². The van der Waals surface area contributed by atoms with Gasteiger partial charge in [-0.1, -0.05) is 51.4 Å². The van der Waals surface area contributed by atoms with Gasteiger partial charge >= 0.3 is 6.01 Å². The molecule has 112 valence electrons. The van der Waals surface area contributed by atoms with Gasteiger partial charge in [0.05, 0.1) is 12.7 Å². The normalized spacial score (nSPS) is 10.5. The summed E-state index contributed by atoms with van der Waals surface area (Å²) < 4.78 is 12.0. The average molecular weight is 360 g/mol. The Kier molecular flexibility index (Phi) is 4.39. The van der Waals surface area contributed by atoms with Crippen molar-refractivity contribution in [2.45, 2.75) is 6.54 Å². The smallest absolute Gasteiger partial charge is 0.316 e. The molecule has 2 aromatic carbocycles. The highest BCUT2D eigenvalue weighted by Gasteiger charge is 2.12. The fourth-order valence-corrected chi connectivity index (χ4v) is 2.46. The van der Waals surface area contributed by atoms with Crippen molar-refractivity contribution in [2.75, 3.05) is 12.4 Å². The second-order valence-corrected chi connectivity index (χ2v) is 5.41. The fourth-order valence-electron chi connectivity index (χ4n) is 2.04. The summed E-state index contributed by atoms with van der Waals surface area (Å²) >= 11 is 3.51. The molecule has 0 aliphatic carbocycles. The molecular formula is C16H14BrN3O2. The van der Waals surface area contributed by atoms with Crippen LogP contribution in [0.3, 0.4) is 0 Å². The molecular weight excluding hydrogens is 346 g/mol. The molecule has 0 saturated heterocycles. The van der Waals surface area contributed by atoms with Gasteiger partial charge in [0.1, 0.15) is 5.75 Å². The number of methoxy groups -OCH3 is 1. The standard InChI is InChI=1S/C16H14BrN3O2/c1-21-14-9-5-3-7-12(14)15-19-20-16(22-15)18-10-11-6-2-4-8-13(11)17/h2-9H,10H2,1H3,(H,18,20). The molecule has 0 saturated carbocycles. The third-order valence-corrected chi connectivity index (χ3v) is 3.92. The number of halogens is 1. The zero-order chi connectivity index (χ0) is 15.4. The lowest BCUT2D eigenvalue weighted by Crippen LogP contribution is -2.00. The van der Waals surface area contributed by atoms with E-state index in [-0.39, 0.29) is 0 Å². The lowest BCUT2D eigenvalue weighted by atomic mass is 10.2. The van der Waals surface area contributed by atoms with E-state index in [0.29, 0.717) is 24.2 Å². The van der Waals surface area contributed by atoms with Gasteiger partial charge in [-0.25, -0.2) is 0 Å². The highest BCUT2D eigenvalue weighted by atomic mass is 79.9. The van der Waals surface area contributed by atoms with Crippen LogP contribution in [0.15, 0.2) is 57.4 Å². The summed E-state index contributed by atoms with van der Waals surface area (Å²) in [5.74, 6) is 1.12. The maximum Gasteiger partial charge on any atom is 0.316 e. The number of nitrogens with zero attached hydrogens (tertiary/aromatic N) is 2. The van der Waals surface area contributed by atoms with Gasteiger partial charge < -0.3 is 14.5 Å². The van der Waals surface area contributed by atoms with Gasteiger partial charge in [-0.05, 0) is 23.8 Å². The van der Waals surface area contributed by atoms with Crippen LogP contribution in [0.2, 0.25) is 0 Å². The van der Waals surface area contributed by atoms with E-state index in [2.05, 4.69) is 31.4 Å². The van der Waals surface area contributed by atoms with Gasteiger partial charge in [0.25, 0.3) is 5.89 Å². The van der Waals surface area contributed by atoms with Crippen LogP contribution >= 0.6 is 15.9 Å². The second-order valence-electron chi connectivity index (χ2n) is 4.56. The Hall–Kier alpha value is -2.34. The molecule has 5 nitrogen and oxygen atoms in total. The molecule has 1 N–H and O–H groups in total. The summed E-state index contributed by atoms with van der Waals surface area (Å²) in [6, 6.07) is 15.9. The van der Waals surface area contributed by atoms with E-state index < -0.39 is 0 Å². The summed E-state index contributed by atoms with van der Waals surface area (Å²) in [5.41, 5.74) is 1.88. The van der Waals surface area contributed by atoms with Crippen molar-refractivity contribution >= 4 is 21.9 Å².